The molecule has 0 saturated heterocycles. The minimum Gasteiger partial charge on any atom is -0.463 e. The molecule has 2 aromatic carbocycles. The maximum atomic E-state index is 11.9. The second-order valence-electron chi connectivity index (χ2n) is 9.95. The molecule has 7 heteroatoms. The maximum absolute atomic E-state index is 11.9. The third-order valence-corrected chi connectivity index (χ3v) is 5.64. The third-order valence-electron chi connectivity index (χ3n) is 4.90. The largest absolute Gasteiger partial charge is 0.463 e. The van der Waals surface area contributed by atoms with Crippen LogP contribution in [0.1, 0.15) is 65.2 Å². The van der Waals surface area contributed by atoms with Gasteiger partial charge in [-0.3, -0.25) is 4.79 Å². The lowest BCUT2D eigenvalue weighted by molar-refractivity contribution is -0.180. The van der Waals surface area contributed by atoms with Gasteiger partial charge in [-0.2, -0.15) is 0 Å². The third kappa shape index (κ3) is 7.19. The Kier molecular flexibility index (Phi) is 7.46. The molecule has 0 aromatic heterocycles. The van der Waals surface area contributed by atoms with Crippen molar-refractivity contribution in [1.29, 1.82) is 0 Å². The van der Waals surface area contributed by atoms with Crippen LogP contribution in [0.2, 0.25) is 0 Å². The monoisotopic (exact) mass is 520 g/mol. The van der Waals surface area contributed by atoms with Gasteiger partial charge < -0.3 is 23.7 Å². The van der Waals surface area contributed by atoms with E-state index in [4.69, 9.17) is 23.7 Å². The molecule has 0 radical (unpaired) electrons. The molecule has 2 aliphatic heterocycles. The van der Waals surface area contributed by atoms with E-state index in [9.17, 15) is 4.79 Å². The molecule has 0 spiro atoms. The fraction of sp³-hybridized carbons (Fsp3) is 0.500. The van der Waals surface area contributed by atoms with Crippen molar-refractivity contribution in [2.45, 2.75) is 85.3 Å². The van der Waals surface area contributed by atoms with Crippen LogP contribution in [-0.4, -0.2) is 23.1 Å². The average Bonchev–Trinajstić information content (AvgIpc) is 2.65. The summed E-state index contributed by atoms with van der Waals surface area (Å²) in [6.45, 7) is 14.2. The molecule has 2 heterocycles. The molecular formula is C26H33BrO6. The van der Waals surface area contributed by atoms with E-state index in [0.717, 1.165) is 32.7 Å². The molecule has 0 amide bonds. The topological polar surface area (TPSA) is 63.2 Å². The van der Waals surface area contributed by atoms with Gasteiger partial charge in [-0.25, -0.2) is 0 Å². The van der Waals surface area contributed by atoms with Crippen molar-refractivity contribution in [2.75, 3.05) is 0 Å². The van der Waals surface area contributed by atoms with Gasteiger partial charge in [-0.15, -0.1) is 0 Å². The van der Waals surface area contributed by atoms with E-state index in [1.165, 1.54) is 0 Å². The quantitative estimate of drug-likeness (QED) is 0.432. The lowest BCUT2D eigenvalue weighted by Crippen LogP contribution is -2.35. The molecule has 0 atom stereocenters. The van der Waals surface area contributed by atoms with Crippen LogP contribution in [0.4, 0.5) is 0 Å². The summed E-state index contributed by atoms with van der Waals surface area (Å²) < 4.78 is 29.0. The van der Waals surface area contributed by atoms with Gasteiger partial charge in [0.1, 0.15) is 17.1 Å². The number of esters is 1. The summed E-state index contributed by atoms with van der Waals surface area (Å²) in [7, 11) is 0. The van der Waals surface area contributed by atoms with E-state index in [2.05, 4.69) is 15.9 Å². The number of ether oxygens (including phenoxy) is 5. The number of halogens is 1. The van der Waals surface area contributed by atoms with Crippen molar-refractivity contribution in [3.05, 3.63) is 57.6 Å². The van der Waals surface area contributed by atoms with Gasteiger partial charge >= 0.3 is 5.97 Å². The first-order chi connectivity index (χ1) is 15.2. The summed E-state index contributed by atoms with van der Waals surface area (Å²) in [5.41, 5.74) is 2.44. The number of hydrogen-bond donors (Lipinski definition) is 0. The molecule has 0 bridgehead atoms. The van der Waals surface area contributed by atoms with Crippen molar-refractivity contribution >= 4 is 21.9 Å². The average molecular weight is 521 g/mol. The fourth-order valence-corrected chi connectivity index (χ4v) is 3.89. The molecule has 180 valence electrons. The number of carbonyl (C=O) groups excluding carboxylic acids is 1. The van der Waals surface area contributed by atoms with E-state index < -0.39 is 17.2 Å². The Morgan fingerprint density at radius 1 is 0.909 bits per heavy atom. The summed E-state index contributed by atoms with van der Waals surface area (Å²) >= 11 is 3.46. The van der Waals surface area contributed by atoms with Crippen molar-refractivity contribution in [1.82, 2.24) is 0 Å². The Balaban J connectivity index is 0.000000203. The predicted molar refractivity (Wildman–Crippen MR) is 129 cm³/mol. The second-order valence-corrected chi connectivity index (χ2v) is 10.8. The van der Waals surface area contributed by atoms with Crippen LogP contribution in [0.3, 0.4) is 0 Å². The first-order valence-corrected chi connectivity index (χ1v) is 11.8. The van der Waals surface area contributed by atoms with Crippen molar-refractivity contribution < 1.29 is 28.5 Å². The summed E-state index contributed by atoms with van der Waals surface area (Å²) in [5, 5.41) is 0. The lowest BCUT2D eigenvalue weighted by Gasteiger charge is -2.33. The van der Waals surface area contributed by atoms with Gasteiger partial charge in [0, 0.05) is 43.3 Å². The first-order valence-electron chi connectivity index (χ1n) is 11.0. The normalized spacial score (nSPS) is 17.8. The SMILES string of the molecule is CC(C)(C)OC(=O)Cc1cccc2c1COC(C)(C)O2.CC1(C)OCc2c(Br)cccc2O1. The van der Waals surface area contributed by atoms with Gasteiger partial charge in [-0.1, -0.05) is 34.1 Å². The summed E-state index contributed by atoms with van der Waals surface area (Å²) in [6, 6.07) is 11.6. The molecule has 33 heavy (non-hydrogen) atoms. The van der Waals surface area contributed by atoms with Crippen LogP contribution < -0.4 is 9.47 Å². The smallest absolute Gasteiger partial charge is 0.310 e. The van der Waals surface area contributed by atoms with Gasteiger partial charge in [-0.05, 0) is 44.5 Å². The number of rotatable bonds is 2. The number of benzene rings is 2. The second kappa shape index (κ2) is 9.65. The van der Waals surface area contributed by atoms with Gasteiger partial charge in [0.15, 0.2) is 0 Å². The van der Waals surface area contributed by atoms with E-state index in [1.807, 2.05) is 84.9 Å². The molecule has 0 N–H and O–H groups in total. The zero-order valence-electron chi connectivity index (χ0n) is 20.4. The zero-order valence-corrected chi connectivity index (χ0v) is 22.0. The minimum atomic E-state index is -0.627. The molecule has 4 rings (SSSR count). The van der Waals surface area contributed by atoms with Crippen LogP contribution in [-0.2, 0) is 38.6 Å². The molecular weight excluding hydrogens is 488 g/mol. The highest BCUT2D eigenvalue weighted by Crippen LogP contribution is 2.35. The number of hydrogen-bond acceptors (Lipinski definition) is 6. The van der Waals surface area contributed by atoms with Crippen LogP contribution in [0.15, 0.2) is 40.9 Å². The van der Waals surface area contributed by atoms with Crippen LogP contribution >= 0.6 is 15.9 Å². The van der Waals surface area contributed by atoms with Crippen LogP contribution in [0, 0.1) is 0 Å². The Bertz CT molecular complexity index is 1010. The highest BCUT2D eigenvalue weighted by Gasteiger charge is 2.30. The highest BCUT2D eigenvalue weighted by molar-refractivity contribution is 9.10. The molecule has 0 aliphatic carbocycles. The van der Waals surface area contributed by atoms with Gasteiger partial charge in [0.25, 0.3) is 0 Å². The maximum Gasteiger partial charge on any atom is 0.310 e. The van der Waals surface area contributed by atoms with E-state index >= 15 is 0 Å². The zero-order chi connectivity index (χ0) is 24.4. The molecule has 2 aromatic rings. The standard InChI is InChI=1S/C16H22O4.C10H11BrO2/c1-15(2,3)20-14(17)9-11-7-6-8-13-12(11)10-18-16(4,5)19-13;1-10(2)12-6-7-8(11)4-3-5-9(7)13-10/h6-8H,9-10H2,1-5H3;3-5H,6H2,1-2H3. The minimum absolute atomic E-state index is 0.230. The van der Waals surface area contributed by atoms with E-state index in [0.29, 0.717) is 13.2 Å². The van der Waals surface area contributed by atoms with Crippen molar-refractivity contribution in [2.24, 2.45) is 0 Å². The molecule has 0 fully saturated rings. The van der Waals surface area contributed by atoms with Crippen molar-refractivity contribution in [3.63, 3.8) is 0 Å². The summed E-state index contributed by atoms with van der Waals surface area (Å²) in [6.07, 6.45) is 0.230. The van der Waals surface area contributed by atoms with Crippen LogP contribution in [0.25, 0.3) is 0 Å². The van der Waals surface area contributed by atoms with Crippen molar-refractivity contribution in [3.8, 4) is 11.5 Å². The molecule has 0 unspecified atom stereocenters. The Labute approximate surface area is 204 Å². The van der Waals surface area contributed by atoms with Gasteiger partial charge in [0.05, 0.1) is 19.6 Å². The Hall–Kier alpha value is -2.09. The van der Waals surface area contributed by atoms with E-state index in [1.54, 1.807) is 0 Å². The van der Waals surface area contributed by atoms with E-state index in [-0.39, 0.29) is 12.4 Å². The molecule has 0 saturated carbocycles. The Morgan fingerprint density at radius 3 is 2.00 bits per heavy atom. The molecule has 2 aliphatic rings. The lowest BCUT2D eigenvalue weighted by atomic mass is 10.0. The predicted octanol–water partition coefficient (Wildman–Crippen LogP) is 6.31. The highest BCUT2D eigenvalue weighted by atomic mass is 79.9. The fourth-order valence-electron chi connectivity index (χ4n) is 3.42. The number of carbonyl (C=O) groups is 1. The summed E-state index contributed by atoms with van der Waals surface area (Å²) in [4.78, 5) is 11.9. The van der Waals surface area contributed by atoms with Crippen LogP contribution in [0.5, 0.6) is 11.5 Å². The van der Waals surface area contributed by atoms with Gasteiger partial charge in [0.2, 0.25) is 11.6 Å². The first kappa shape index (κ1) is 25.5. The Morgan fingerprint density at radius 2 is 1.42 bits per heavy atom. The summed E-state index contributed by atoms with van der Waals surface area (Å²) in [5.74, 6) is 0.314. The number of fused-ring (bicyclic) bond motifs is 2. The molecule has 6 nitrogen and oxygen atoms in total.